The SMILES string of the molecule is O=C(O)N[C@@H](c1ccccc1)c1cccc(OCc2cccc(CNCC(O)c3ccc(O)c4[nH]c(=O)ccc34)c2)c1. The minimum atomic E-state index is -1.11. The molecule has 1 heterocycles. The van der Waals surface area contributed by atoms with Gasteiger partial charge in [0.25, 0.3) is 0 Å². The van der Waals surface area contributed by atoms with Gasteiger partial charge in [-0.2, -0.15) is 0 Å². The molecule has 5 rings (SSSR count). The van der Waals surface area contributed by atoms with Crippen LogP contribution in [0.5, 0.6) is 11.5 Å². The van der Waals surface area contributed by atoms with Crippen LogP contribution in [0.1, 0.15) is 40.0 Å². The highest BCUT2D eigenvalue weighted by molar-refractivity contribution is 5.87. The first kappa shape index (κ1) is 28.4. The predicted molar refractivity (Wildman–Crippen MR) is 160 cm³/mol. The van der Waals surface area contributed by atoms with E-state index in [0.717, 1.165) is 22.3 Å². The molecule has 0 aliphatic carbocycles. The van der Waals surface area contributed by atoms with Crippen molar-refractivity contribution in [2.75, 3.05) is 6.54 Å². The van der Waals surface area contributed by atoms with Crippen molar-refractivity contribution < 1.29 is 24.9 Å². The van der Waals surface area contributed by atoms with Crippen molar-refractivity contribution in [1.82, 2.24) is 15.6 Å². The maximum absolute atomic E-state index is 11.7. The summed E-state index contributed by atoms with van der Waals surface area (Å²) in [6, 6.07) is 30.2. The lowest BCUT2D eigenvalue weighted by molar-refractivity contribution is 0.176. The van der Waals surface area contributed by atoms with Crippen molar-refractivity contribution >= 4 is 17.0 Å². The average molecular weight is 566 g/mol. The quantitative estimate of drug-likeness (QED) is 0.132. The van der Waals surface area contributed by atoms with Gasteiger partial charge >= 0.3 is 6.09 Å². The molecule has 0 saturated carbocycles. The second-order valence-electron chi connectivity index (χ2n) is 9.91. The largest absolute Gasteiger partial charge is 0.506 e. The number of hydrogen-bond donors (Lipinski definition) is 6. The molecule has 0 bridgehead atoms. The predicted octanol–water partition coefficient (Wildman–Crippen LogP) is 4.99. The molecule has 0 aliphatic heterocycles. The Hall–Kier alpha value is -5.12. The van der Waals surface area contributed by atoms with Gasteiger partial charge in [0.15, 0.2) is 0 Å². The van der Waals surface area contributed by atoms with Crippen LogP contribution in [0.4, 0.5) is 4.79 Å². The van der Waals surface area contributed by atoms with Crippen LogP contribution in [0.2, 0.25) is 0 Å². The van der Waals surface area contributed by atoms with E-state index >= 15 is 0 Å². The molecule has 0 spiro atoms. The molecule has 42 heavy (non-hydrogen) atoms. The molecule has 1 aromatic heterocycles. The molecule has 0 fully saturated rings. The Bertz CT molecular complexity index is 1740. The number of aliphatic hydroxyl groups excluding tert-OH is 1. The lowest BCUT2D eigenvalue weighted by atomic mass is 9.98. The second kappa shape index (κ2) is 13.0. The maximum Gasteiger partial charge on any atom is 0.405 e. The summed E-state index contributed by atoms with van der Waals surface area (Å²) in [5.41, 5.74) is 4.13. The monoisotopic (exact) mass is 565 g/mol. The number of fused-ring (bicyclic) bond motifs is 1. The third-order valence-electron chi connectivity index (χ3n) is 6.92. The van der Waals surface area contributed by atoms with Crippen molar-refractivity contribution in [1.29, 1.82) is 0 Å². The van der Waals surface area contributed by atoms with Gasteiger partial charge in [-0.3, -0.25) is 4.79 Å². The molecule has 9 heteroatoms. The van der Waals surface area contributed by atoms with Gasteiger partial charge in [-0.15, -0.1) is 0 Å². The fourth-order valence-corrected chi connectivity index (χ4v) is 4.92. The van der Waals surface area contributed by atoms with Crippen molar-refractivity contribution in [3.05, 3.63) is 141 Å². The number of aromatic nitrogens is 1. The van der Waals surface area contributed by atoms with E-state index in [4.69, 9.17) is 4.74 Å². The minimum absolute atomic E-state index is 0.0506. The van der Waals surface area contributed by atoms with Gasteiger partial charge in [0, 0.05) is 24.5 Å². The van der Waals surface area contributed by atoms with Gasteiger partial charge in [-0.05, 0) is 52.1 Å². The molecule has 5 aromatic rings. The topological polar surface area (TPSA) is 144 Å². The maximum atomic E-state index is 11.7. The summed E-state index contributed by atoms with van der Waals surface area (Å²) >= 11 is 0. The highest BCUT2D eigenvalue weighted by atomic mass is 16.5. The molecule has 0 radical (unpaired) electrons. The number of carboxylic acid groups (broad SMARTS) is 1. The van der Waals surface area contributed by atoms with E-state index in [1.54, 1.807) is 12.1 Å². The molecule has 0 aliphatic rings. The van der Waals surface area contributed by atoms with Gasteiger partial charge in [0.2, 0.25) is 5.56 Å². The number of hydrogen-bond acceptors (Lipinski definition) is 6. The number of pyridine rings is 1. The van der Waals surface area contributed by atoms with E-state index in [1.807, 2.05) is 78.9 Å². The standard InChI is InChI=1S/C33H31N3O6/c37-28-14-12-26(27-13-15-30(39)35-32(27)28)29(38)19-34-18-21-6-4-7-22(16-21)20-42-25-11-5-10-24(17-25)31(36-33(40)41)23-8-2-1-3-9-23/h1-17,29,31,34,36-38H,18-20H2,(H,35,39)(H,40,41)/t29?,31-/m0/s1. The van der Waals surface area contributed by atoms with Crippen LogP contribution < -0.4 is 20.9 Å². The molecule has 0 saturated heterocycles. The Morgan fingerprint density at radius 1 is 0.857 bits per heavy atom. The normalized spacial score (nSPS) is 12.5. The van der Waals surface area contributed by atoms with E-state index in [0.29, 0.717) is 35.4 Å². The summed E-state index contributed by atoms with van der Waals surface area (Å²) in [6.45, 7) is 1.09. The molecule has 2 atom stereocenters. The molecule has 9 nitrogen and oxygen atoms in total. The number of amides is 1. The number of phenols is 1. The number of aliphatic hydroxyl groups is 1. The third-order valence-corrected chi connectivity index (χ3v) is 6.92. The zero-order valence-corrected chi connectivity index (χ0v) is 22.7. The smallest absolute Gasteiger partial charge is 0.405 e. The number of carbonyl (C=O) groups is 1. The number of benzene rings is 4. The molecular formula is C33H31N3O6. The van der Waals surface area contributed by atoms with Gasteiger partial charge in [0.05, 0.1) is 17.7 Å². The fourth-order valence-electron chi connectivity index (χ4n) is 4.92. The highest BCUT2D eigenvalue weighted by Gasteiger charge is 2.17. The van der Waals surface area contributed by atoms with Crippen LogP contribution in [0.15, 0.2) is 108 Å². The zero-order chi connectivity index (χ0) is 29.5. The third kappa shape index (κ3) is 6.95. The van der Waals surface area contributed by atoms with E-state index < -0.39 is 18.2 Å². The van der Waals surface area contributed by atoms with E-state index in [2.05, 4.69) is 15.6 Å². The van der Waals surface area contributed by atoms with E-state index in [-0.39, 0.29) is 17.9 Å². The van der Waals surface area contributed by atoms with Crippen LogP contribution >= 0.6 is 0 Å². The van der Waals surface area contributed by atoms with Crippen LogP contribution in [0, 0.1) is 0 Å². The number of rotatable bonds is 11. The molecule has 214 valence electrons. The zero-order valence-electron chi connectivity index (χ0n) is 22.7. The fraction of sp³-hybridized carbons (Fsp3) is 0.152. The first-order valence-electron chi connectivity index (χ1n) is 13.5. The summed E-state index contributed by atoms with van der Waals surface area (Å²) in [5, 5.41) is 36.7. The van der Waals surface area contributed by atoms with E-state index in [1.165, 1.54) is 12.1 Å². The number of ether oxygens (including phenoxy) is 1. The Morgan fingerprint density at radius 3 is 2.43 bits per heavy atom. The molecule has 1 unspecified atom stereocenters. The van der Waals surface area contributed by atoms with Gasteiger partial charge in [-0.1, -0.05) is 72.8 Å². The molecular weight excluding hydrogens is 534 g/mol. The van der Waals surface area contributed by atoms with Crippen molar-refractivity contribution in [2.45, 2.75) is 25.3 Å². The highest BCUT2D eigenvalue weighted by Crippen LogP contribution is 2.29. The number of phenolic OH excluding ortho intramolecular Hbond substituents is 1. The second-order valence-corrected chi connectivity index (χ2v) is 9.91. The number of nitrogens with one attached hydrogen (secondary N) is 3. The van der Waals surface area contributed by atoms with Crippen LogP contribution in [-0.4, -0.2) is 32.9 Å². The molecule has 4 aromatic carbocycles. The van der Waals surface area contributed by atoms with Crippen LogP contribution in [0.25, 0.3) is 10.9 Å². The van der Waals surface area contributed by atoms with Gasteiger partial charge in [-0.25, -0.2) is 4.79 Å². The molecule has 6 N–H and O–H groups in total. The summed E-state index contributed by atoms with van der Waals surface area (Å²) in [7, 11) is 0. The van der Waals surface area contributed by atoms with Gasteiger partial charge < -0.3 is 35.7 Å². The Kier molecular flexibility index (Phi) is 8.81. The van der Waals surface area contributed by atoms with Gasteiger partial charge in [0.1, 0.15) is 18.1 Å². The lowest BCUT2D eigenvalue weighted by Gasteiger charge is -2.19. The summed E-state index contributed by atoms with van der Waals surface area (Å²) < 4.78 is 6.06. The Morgan fingerprint density at radius 2 is 1.62 bits per heavy atom. The number of aromatic amines is 1. The average Bonchev–Trinajstić information content (AvgIpc) is 3.00. The van der Waals surface area contributed by atoms with Crippen molar-refractivity contribution in [2.24, 2.45) is 0 Å². The lowest BCUT2D eigenvalue weighted by Crippen LogP contribution is -2.27. The summed E-state index contributed by atoms with van der Waals surface area (Å²) in [4.78, 5) is 25.7. The van der Waals surface area contributed by atoms with Crippen molar-refractivity contribution in [3.8, 4) is 11.5 Å². The number of H-pyrrole nitrogens is 1. The summed E-state index contributed by atoms with van der Waals surface area (Å²) in [6.07, 6.45) is -1.96. The van der Waals surface area contributed by atoms with Crippen LogP contribution in [-0.2, 0) is 13.2 Å². The Balaban J connectivity index is 1.20. The molecule has 1 amide bonds. The number of aromatic hydroxyl groups is 1. The minimum Gasteiger partial charge on any atom is -0.506 e. The van der Waals surface area contributed by atoms with Crippen LogP contribution in [0.3, 0.4) is 0 Å². The summed E-state index contributed by atoms with van der Waals surface area (Å²) in [5.74, 6) is 0.569. The van der Waals surface area contributed by atoms with E-state index in [9.17, 15) is 24.9 Å². The Labute approximate surface area is 242 Å². The van der Waals surface area contributed by atoms with Crippen molar-refractivity contribution in [3.63, 3.8) is 0 Å². The first-order chi connectivity index (χ1) is 20.4. The first-order valence-corrected chi connectivity index (χ1v) is 13.5.